The molecule has 0 radical (unpaired) electrons. The van der Waals surface area contributed by atoms with E-state index in [1.807, 2.05) is 48.5 Å². The second kappa shape index (κ2) is 12.2. The van der Waals surface area contributed by atoms with E-state index in [2.05, 4.69) is 33.9 Å². The highest BCUT2D eigenvalue weighted by Crippen LogP contribution is 2.37. The molecule has 0 amide bonds. The van der Waals surface area contributed by atoms with Crippen LogP contribution in [0, 0.1) is 0 Å². The van der Waals surface area contributed by atoms with E-state index in [0.717, 1.165) is 16.7 Å². The van der Waals surface area contributed by atoms with Gasteiger partial charge in [-0.3, -0.25) is 4.79 Å². The number of rotatable bonds is 11. The molecule has 0 aromatic heterocycles. The Bertz CT molecular complexity index is 949. The first-order valence-corrected chi connectivity index (χ1v) is 14.6. The molecule has 2 aromatic carbocycles. The molecular weight excluding hydrogens is 448 g/mol. The molecule has 0 aliphatic rings. The predicted molar refractivity (Wildman–Crippen MR) is 135 cm³/mol. The first kappa shape index (κ1) is 27.6. The SMILES string of the molecule is CCOC(=O)C(Cc1cc(CO[Si](C)(C)C(C)(C)C)ccc1OCc1ccccc1)OC(C)=O. The topological polar surface area (TPSA) is 71.1 Å². The van der Waals surface area contributed by atoms with E-state index in [1.54, 1.807) is 6.92 Å². The molecule has 0 fully saturated rings. The Morgan fingerprint density at radius 1 is 0.971 bits per heavy atom. The largest absolute Gasteiger partial charge is 0.489 e. The normalized spacial score (nSPS) is 12.7. The van der Waals surface area contributed by atoms with E-state index >= 15 is 0 Å². The molecule has 7 heteroatoms. The summed E-state index contributed by atoms with van der Waals surface area (Å²) in [6.07, 6.45) is -0.899. The van der Waals surface area contributed by atoms with Crippen molar-refractivity contribution in [3.8, 4) is 5.75 Å². The highest BCUT2D eigenvalue weighted by molar-refractivity contribution is 6.74. The molecule has 0 saturated heterocycles. The Morgan fingerprint density at radius 3 is 2.24 bits per heavy atom. The zero-order valence-electron chi connectivity index (χ0n) is 21.5. The molecule has 6 nitrogen and oxygen atoms in total. The monoisotopic (exact) mass is 486 g/mol. The Kier molecular flexibility index (Phi) is 9.88. The van der Waals surface area contributed by atoms with Gasteiger partial charge in [0.15, 0.2) is 8.32 Å². The second-order valence-electron chi connectivity index (χ2n) is 9.82. The summed E-state index contributed by atoms with van der Waals surface area (Å²) in [5, 5.41) is 0.0961. The molecule has 0 N–H and O–H groups in total. The van der Waals surface area contributed by atoms with Crippen LogP contribution in [0.15, 0.2) is 48.5 Å². The highest BCUT2D eigenvalue weighted by atomic mass is 28.4. The quantitative estimate of drug-likeness (QED) is 0.294. The van der Waals surface area contributed by atoms with Gasteiger partial charge in [0.05, 0.1) is 13.2 Å². The maximum absolute atomic E-state index is 12.5. The lowest BCUT2D eigenvalue weighted by molar-refractivity contribution is -0.166. The van der Waals surface area contributed by atoms with Gasteiger partial charge in [0.2, 0.25) is 6.10 Å². The third-order valence-electron chi connectivity index (χ3n) is 6.03. The van der Waals surface area contributed by atoms with Gasteiger partial charge in [-0.2, -0.15) is 0 Å². The summed E-state index contributed by atoms with van der Waals surface area (Å²) in [7, 11) is -1.94. The molecule has 1 unspecified atom stereocenters. The van der Waals surface area contributed by atoms with Gasteiger partial charge in [0, 0.05) is 13.3 Å². The van der Waals surface area contributed by atoms with Crippen LogP contribution >= 0.6 is 0 Å². The lowest BCUT2D eigenvalue weighted by Crippen LogP contribution is -2.40. The second-order valence-corrected chi connectivity index (χ2v) is 14.6. The molecule has 34 heavy (non-hydrogen) atoms. The molecule has 0 saturated carbocycles. The van der Waals surface area contributed by atoms with E-state index in [-0.39, 0.29) is 18.1 Å². The van der Waals surface area contributed by atoms with Gasteiger partial charge < -0.3 is 18.6 Å². The first-order valence-electron chi connectivity index (χ1n) is 11.7. The lowest BCUT2D eigenvalue weighted by Gasteiger charge is -2.36. The number of carbonyl (C=O) groups excluding carboxylic acids is 2. The van der Waals surface area contributed by atoms with Crippen LogP contribution in [0.1, 0.15) is 51.3 Å². The fraction of sp³-hybridized carbons (Fsp3) is 0.481. The van der Waals surface area contributed by atoms with Crippen molar-refractivity contribution in [2.45, 2.75) is 78.5 Å². The highest BCUT2D eigenvalue weighted by Gasteiger charge is 2.37. The van der Waals surface area contributed by atoms with Gasteiger partial charge in [0.1, 0.15) is 12.4 Å². The molecule has 1 atom stereocenters. The number of carbonyl (C=O) groups is 2. The standard InChI is InChI=1S/C27H38O6Si/c1-8-30-26(29)25(33-20(2)28)17-23-16-22(19-32-34(6,7)27(3,4)5)14-15-24(23)31-18-21-12-10-9-11-13-21/h9-16,25H,8,17-19H2,1-7H3. The van der Waals surface area contributed by atoms with E-state index in [0.29, 0.717) is 19.0 Å². The van der Waals surface area contributed by atoms with Crippen LogP contribution in [0.4, 0.5) is 0 Å². The zero-order valence-corrected chi connectivity index (χ0v) is 22.5. The van der Waals surface area contributed by atoms with Crippen molar-refractivity contribution < 1.29 is 28.2 Å². The third kappa shape index (κ3) is 8.29. The molecule has 0 aliphatic heterocycles. The van der Waals surface area contributed by atoms with Gasteiger partial charge in [-0.1, -0.05) is 57.2 Å². The van der Waals surface area contributed by atoms with Crippen LogP contribution < -0.4 is 4.74 Å². The maximum Gasteiger partial charge on any atom is 0.347 e. The van der Waals surface area contributed by atoms with Crippen molar-refractivity contribution in [2.24, 2.45) is 0 Å². The minimum Gasteiger partial charge on any atom is -0.489 e. The van der Waals surface area contributed by atoms with Gasteiger partial charge in [-0.15, -0.1) is 0 Å². The van der Waals surface area contributed by atoms with E-state index in [4.69, 9.17) is 18.6 Å². The Morgan fingerprint density at radius 2 is 1.65 bits per heavy atom. The van der Waals surface area contributed by atoms with Gasteiger partial charge in [0.25, 0.3) is 0 Å². The van der Waals surface area contributed by atoms with Gasteiger partial charge >= 0.3 is 11.9 Å². The Balaban J connectivity index is 2.31. The predicted octanol–water partition coefficient (Wildman–Crippen LogP) is 5.82. The Hall–Kier alpha value is -2.64. The summed E-state index contributed by atoms with van der Waals surface area (Å²) in [6.45, 7) is 15.1. The van der Waals surface area contributed by atoms with Crippen LogP contribution in [0.2, 0.25) is 18.1 Å². The van der Waals surface area contributed by atoms with Crippen LogP contribution in [0.25, 0.3) is 0 Å². The number of hydrogen-bond acceptors (Lipinski definition) is 6. The van der Waals surface area contributed by atoms with E-state index in [1.165, 1.54) is 6.92 Å². The number of benzene rings is 2. The van der Waals surface area contributed by atoms with Gasteiger partial charge in [-0.25, -0.2) is 4.79 Å². The van der Waals surface area contributed by atoms with Crippen LogP contribution in [0.5, 0.6) is 5.75 Å². The summed E-state index contributed by atoms with van der Waals surface area (Å²) < 4.78 is 22.9. The molecule has 186 valence electrons. The fourth-order valence-electron chi connectivity index (χ4n) is 3.05. The summed E-state index contributed by atoms with van der Waals surface area (Å²) in [5.74, 6) is -0.488. The van der Waals surface area contributed by atoms with Crippen LogP contribution in [-0.4, -0.2) is 33.0 Å². The van der Waals surface area contributed by atoms with Crippen LogP contribution in [0.3, 0.4) is 0 Å². The Labute approximate surface area is 204 Å². The summed E-state index contributed by atoms with van der Waals surface area (Å²) in [5.41, 5.74) is 2.75. The van der Waals surface area contributed by atoms with E-state index in [9.17, 15) is 9.59 Å². The average molecular weight is 487 g/mol. The minimum absolute atomic E-state index is 0.0961. The number of esters is 2. The molecule has 0 spiro atoms. The smallest absolute Gasteiger partial charge is 0.347 e. The molecule has 0 bridgehead atoms. The van der Waals surface area contributed by atoms with Crippen molar-refractivity contribution in [3.63, 3.8) is 0 Å². The molecule has 0 aliphatic carbocycles. The summed E-state index contributed by atoms with van der Waals surface area (Å²) in [6, 6.07) is 15.7. The molecular formula is C27H38O6Si. The van der Waals surface area contributed by atoms with Crippen molar-refractivity contribution in [2.75, 3.05) is 6.61 Å². The van der Waals surface area contributed by atoms with Crippen molar-refractivity contribution >= 4 is 20.3 Å². The van der Waals surface area contributed by atoms with Gasteiger partial charge in [-0.05, 0) is 53.9 Å². The van der Waals surface area contributed by atoms with Crippen LogP contribution in [-0.2, 0) is 43.1 Å². The lowest BCUT2D eigenvalue weighted by atomic mass is 10.0. The molecule has 2 rings (SSSR count). The van der Waals surface area contributed by atoms with Crippen molar-refractivity contribution in [1.82, 2.24) is 0 Å². The van der Waals surface area contributed by atoms with Crippen molar-refractivity contribution in [1.29, 1.82) is 0 Å². The molecule has 2 aromatic rings. The van der Waals surface area contributed by atoms with E-state index < -0.39 is 26.4 Å². The fourth-order valence-corrected chi connectivity index (χ4v) is 4.01. The van der Waals surface area contributed by atoms with Crippen molar-refractivity contribution in [3.05, 3.63) is 65.2 Å². The first-order chi connectivity index (χ1) is 15.9. The minimum atomic E-state index is -1.94. The summed E-state index contributed by atoms with van der Waals surface area (Å²) in [4.78, 5) is 24.1. The summed E-state index contributed by atoms with van der Waals surface area (Å²) >= 11 is 0. The third-order valence-corrected chi connectivity index (χ3v) is 10.5. The average Bonchev–Trinajstić information content (AvgIpc) is 2.76. The zero-order chi connectivity index (χ0) is 25.4. The maximum atomic E-state index is 12.5. The number of ether oxygens (including phenoxy) is 3. The number of hydrogen-bond donors (Lipinski definition) is 0. The molecule has 0 heterocycles.